The summed E-state index contributed by atoms with van der Waals surface area (Å²) in [7, 11) is 0. The molecule has 0 fully saturated rings. The maximum Gasteiger partial charge on any atom is 0.142 e. The molecule has 0 aliphatic heterocycles. The predicted octanol–water partition coefficient (Wildman–Crippen LogP) is 3.62. The zero-order valence-corrected chi connectivity index (χ0v) is 12.6. The highest BCUT2D eigenvalue weighted by Gasteiger charge is 2.04. The van der Waals surface area contributed by atoms with Crippen LogP contribution in [0, 0.1) is 0 Å². The summed E-state index contributed by atoms with van der Waals surface area (Å²) >= 11 is 0. The van der Waals surface area contributed by atoms with Gasteiger partial charge in [0.15, 0.2) is 0 Å². The van der Waals surface area contributed by atoms with E-state index in [1.54, 1.807) is 0 Å². The van der Waals surface area contributed by atoms with Crippen molar-refractivity contribution in [2.45, 2.75) is 33.6 Å². The molecule has 0 unspecified atom stereocenters. The van der Waals surface area contributed by atoms with E-state index >= 15 is 0 Å². The van der Waals surface area contributed by atoms with E-state index in [9.17, 15) is 0 Å². The van der Waals surface area contributed by atoms with Gasteiger partial charge >= 0.3 is 0 Å². The molecule has 0 saturated carbocycles. The summed E-state index contributed by atoms with van der Waals surface area (Å²) in [4.78, 5) is 2.51. The Morgan fingerprint density at radius 1 is 1.00 bits per heavy atom. The van der Waals surface area contributed by atoms with Gasteiger partial charge in [-0.2, -0.15) is 0 Å². The van der Waals surface area contributed by atoms with Crippen molar-refractivity contribution in [3.05, 3.63) is 24.3 Å². The molecule has 0 amide bonds. The third-order valence-corrected chi connectivity index (χ3v) is 3.01. The lowest BCUT2D eigenvalue weighted by molar-refractivity contribution is 0.285. The van der Waals surface area contributed by atoms with Gasteiger partial charge in [-0.3, -0.25) is 0 Å². The van der Waals surface area contributed by atoms with Gasteiger partial charge in [0.2, 0.25) is 0 Å². The van der Waals surface area contributed by atoms with Crippen LogP contribution in [0.5, 0.6) is 5.75 Å². The molecule has 108 valence electrons. The summed E-state index contributed by atoms with van der Waals surface area (Å²) in [6.45, 7) is 11.6. The van der Waals surface area contributed by atoms with Crippen LogP contribution in [0.1, 0.15) is 33.6 Å². The summed E-state index contributed by atoms with van der Waals surface area (Å²) in [5, 5.41) is 3.48. The average molecular weight is 264 g/mol. The molecule has 0 atom stereocenters. The second-order valence-corrected chi connectivity index (χ2v) is 4.70. The van der Waals surface area contributed by atoms with Gasteiger partial charge in [0, 0.05) is 13.1 Å². The van der Waals surface area contributed by atoms with Gasteiger partial charge in [-0.1, -0.05) is 26.0 Å². The Hall–Kier alpha value is -1.22. The third kappa shape index (κ3) is 5.97. The molecule has 1 aromatic rings. The summed E-state index contributed by atoms with van der Waals surface area (Å²) in [6.07, 6.45) is 2.44. The van der Waals surface area contributed by atoms with Crippen molar-refractivity contribution in [2.24, 2.45) is 0 Å². The summed E-state index contributed by atoms with van der Waals surface area (Å²) in [6, 6.07) is 8.15. The zero-order valence-electron chi connectivity index (χ0n) is 12.6. The Labute approximate surface area is 118 Å². The van der Waals surface area contributed by atoms with Crippen molar-refractivity contribution in [3.8, 4) is 5.75 Å². The van der Waals surface area contributed by atoms with E-state index in [0.29, 0.717) is 6.61 Å². The summed E-state index contributed by atoms with van der Waals surface area (Å²) < 4.78 is 5.61. The molecule has 19 heavy (non-hydrogen) atoms. The van der Waals surface area contributed by atoms with Crippen LogP contribution in [0.3, 0.4) is 0 Å². The molecule has 3 nitrogen and oxygen atoms in total. The van der Waals surface area contributed by atoms with E-state index in [4.69, 9.17) is 4.74 Å². The van der Waals surface area contributed by atoms with Gasteiger partial charge in [-0.15, -0.1) is 0 Å². The van der Waals surface area contributed by atoms with Crippen LogP contribution < -0.4 is 10.1 Å². The molecule has 0 radical (unpaired) electrons. The Kier molecular flexibility index (Phi) is 8.07. The molecule has 0 heterocycles. The first kappa shape index (κ1) is 15.8. The summed E-state index contributed by atoms with van der Waals surface area (Å²) in [5.41, 5.74) is 1.09. The topological polar surface area (TPSA) is 24.5 Å². The van der Waals surface area contributed by atoms with E-state index in [1.807, 2.05) is 25.1 Å². The first-order chi connectivity index (χ1) is 9.31. The Morgan fingerprint density at radius 3 is 2.32 bits per heavy atom. The Bertz CT molecular complexity index is 335. The fraction of sp³-hybridized carbons (Fsp3) is 0.625. The van der Waals surface area contributed by atoms with Crippen LogP contribution in [0.15, 0.2) is 24.3 Å². The fourth-order valence-corrected chi connectivity index (χ4v) is 2.21. The van der Waals surface area contributed by atoms with Crippen molar-refractivity contribution >= 4 is 5.69 Å². The maximum absolute atomic E-state index is 5.61. The molecule has 1 aromatic carbocycles. The van der Waals surface area contributed by atoms with Gasteiger partial charge in [0.1, 0.15) is 5.75 Å². The molecular formula is C16H28N2O. The molecule has 0 aliphatic carbocycles. The van der Waals surface area contributed by atoms with E-state index in [1.165, 1.54) is 25.9 Å². The largest absolute Gasteiger partial charge is 0.492 e. The SMILES string of the molecule is CCCN(CCC)CCNc1ccccc1OCC. The number of ether oxygens (including phenoxy) is 1. The van der Waals surface area contributed by atoms with Crippen LogP contribution in [0.4, 0.5) is 5.69 Å². The maximum atomic E-state index is 5.61. The van der Waals surface area contributed by atoms with Crippen LogP contribution in [0.2, 0.25) is 0 Å². The second kappa shape index (κ2) is 9.68. The lowest BCUT2D eigenvalue weighted by Gasteiger charge is -2.21. The van der Waals surface area contributed by atoms with Gasteiger partial charge in [0.05, 0.1) is 12.3 Å². The van der Waals surface area contributed by atoms with Crippen LogP contribution in [0.25, 0.3) is 0 Å². The van der Waals surface area contributed by atoms with Crippen molar-refractivity contribution in [1.82, 2.24) is 4.90 Å². The molecule has 0 spiro atoms. The van der Waals surface area contributed by atoms with Crippen molar-refractivity contribution in [1.29, 1.82) is 0 Å². The number of anilines is 1. The van der Waals surface area contributed by atoms with E-state index < -0.39 is 0 Å². The number of nitrogens with zero attached hydrogens (tertiary/aromatic N) is 1. The monoisotopic (exact) mass is 264 g/mol. The molecule has 1 rings (SSSR count). The predicted molar refractivity (Wildman–Crippen MR) is 83.1 cm³/mol. The van der Waals surface area contributed by atoms with Crippen LogP contribution in [-0.2, 0) is 0 Å². The highest BCUT2D eigenvalue weighted by molar-refractivity contribution is 5.56. The molecule has 0 saturated heterocycles. The first-order valence-electron chi connectivity index (χ1n) is 7.49. The zero-order chi connectivity index (χ0) is 13.9. The number of para-hydroxylation sites is 2. The number of hydrogen-bond acceptors (Lipinski definition) is 3. The number of hydrogen-bond donors (Lipinski definition) is 1. The lowest BCUT2D eigenvalue weighted by Crippen LogP contribution is -2.30. The smallest absolute Gasteiger partial charge is 0.142 e. The highest BCUT2D eigenvalue weighted by Crippen LogP contribution is 2.23. The molecule has 0 aromatic heterocycles. The van der Waals surface area contributed by atoms with Crippen LogP contribution in [-0.4, -0.2) is 37.7 Å². The molecule has 0 bridgehead atoms. The average Bonchev–Trinajstić information content (AvgIpc) is 2.41. The quantitative estimate of drug-likeness (QED) is 0.698. The standard InChI is InChI=1S/C16H28N2O/c1-4-12-18(13-5-2)14-11-17-15-9-7-8-10-16(15)19-6-3/h7-10,17H,4-6,11-14H2,1-3H3. The van der Waals surface area contributed by atoms with E-state index in [2.05, 4.69) is 30.1 Å². The lowest BCUT2D eigenvalue weighted by atomic mass is 10.3. The van der Waals surface area contributed by atoms with E-state index in [-0.39, 0.29) is 0 Å². The molecule has 1 N–H and O–H groups in total. The second-order valence-electron chi connectivity index (χ2n) is 4.70. The number of benzene rings is 1. The van der Waals surface area contributed by atoms with E-state index in [0.717, 1.165) is 24.5 Å². The fourth-order valence-electron chi connectivity index (χ4n) is 2.21. The van der Waals surface area contributed by atoms with Crippen LogP contribution >= 0.6 is 0 Å². The number of nitrogens with one attached hydrogen (secondary N) is 1. The highest BCUT2D eigenvalue weighted by atomic mass is 16.5. The first-order valence-corrected chi connectivity index (χ1v) is 7.49. The minimum absolute atomic E-state index is 0.705. The molecule has 0 aliphatic rings. The minimum atomic E-state index is 0.705. The minimum Gasteiger partial charge on any atom is -0.492 e. The third-order valence-electron chi connectivity index (χ3n) is 3.01. The van der Waals surface area contributed by atoms with Crippen molar-refractivity contribution in [2.75, 3.05) is 38.1 Å². The molecule has 3 heteroatoms. The number of rotatable bonds is 10. The Balaban J connectivity index is 2.42. The Morgan fingerprint density at radius 2 is 1.68 bits per heavy atom. The van der Waals surface area contributed by atoms with Gasteiger partial charge in [0.25, 0.3) is 0 Å². The molecular weight excluding hydrogens is 236 g/mol. The van der Waals surface area contributed by atoms with Gasteiger partial charge in [-0.25, -0.2) is 0 Å². The van der Waals surface area contributed by atoms with Crippen molar-refractivity contribution in [3.63, 3.8) is 0 Å². The van der Waals surface area contributed by atoms with Gasteiger partial charge in [-0.05, 0) is 45.0 Å². The van der Waals surface area contributed by atoms with Crippen molar-refractivity contribution < 1.29 is 4.74 Å². The van der Waals surface area contributed by atoms with Gasteiger partial charge < -0.3 is 15.0 Å². The normalized spacial score (nSPS) is 10.7. The summed E-state index contributed by atoms with van der Waals surface area (Å²) in [5.74, 6) is 0.947.